The summed E-state index contributed by atoms with van der Waals surface area (Å²) in [4.78, 5) is 12.8. The molecular weight excluding hydrogens is 305 g/mol. The molecule has 21 heavy (non-hydrogen) atoms. The number of hydrogen-bond acceptors (Lipinski definition) is 1. The van der Waals surface area contributed by atoms with E-state index in [-0.39, 0.29) is 22.7 Å². The van der Waals surface area contributed by atoms with Gasteiger partial charge in [0, 0.05) is 5.69 Å². The number of nitrogens with one attached hydrogen (secondary N) is 1. The third kappa shape index (κ3) is 2.20. The van der Waals surface area contributed by atoms with E-state index in [1.807, 2.05) is 0 Å². The molecule has 112 valence electrons. The number of rotatable bonds is 2. The van der Waals surface area contributed by atoms with Crippen LogP contribution in [0.4, 0.5) is 5.69 Å². The number of benzene rings is 1. The number of halogens is 2. The first-order chi connectivity index (χ1) is 9.75. The van der Waals surface area contributed by atoms with Gasteiger partial charge in [-0.25, -0.2) is 0 Å². The molecule has 2 nitrogen and oxygen atoms in total. The summed E-state index contributed by atoms with van der Waals surface area (Å²) in [5.41, 5.74) is 0.485. The molecule has 1 aromatic carbocycles. The van der Waals surface area contributed by atoms with Crippen LogP contribution in [0, 0.1) is 22.7 Å². The van der Waals surface area contributed by atoms with Crippen LogP contribution in [0.1, 0.15) is 27.2 Å². The molecule has 0 saturated heterocycles. The Bertz CT molecular complexity index is 638. The molecule has 3 atom stereocenters. The Morgan fingerprint density at radius 1 is 1.19 bits per heavy atom. The monoisotopic (exact) mass is 323 g/mol. The second-order valence-corrected chi connectivity index (χ2v) is 7.81. The van der Waals surface area contributed by atoms with Crippen LogP contribution >= 0.6 is 23.2 Å². The van der Waals surface area contributed by atoms with Gasteiger partial charge in [-0.2, -0.15) is 0 Å². The molecule has 2 aliphatic rings. The molecular formula is C17H19Cl2NO. The van der Waals surface area contributed by atoms with Gasteiger partial charge in [0.15, 0.2) is 0 Å². The summed E-state index contributed by atoms with van der Waals surface area (Å²) in [6, 6.07) is 5.18. The molecule has 0 heterocycles. The smallest absolute Gasteiger partial charge is 0.230 e. The van der Waals surface area contributed by atoms with Gasteiger partial charge in [0.1, 0.15) is 0 Å². The van der Waals surface area contributed by atoms with Gasteiger partial charge in [-0.05, 0) is 41.9 Å². The van der Waals surface area contributed by atoms with E-state index in [4.69, 9.17) is 23.2 Å². The molecule has 1 saturated carbocycles. The minimum Gasteiger partial charge on any atom is -0.326 e. The quantitative estimate of drug-likeness (QED) is 0.747. The predicted octanol–water partition coefficient (Wildman–Crippen LogP) is 5.17. The van der Waals surface area contributed by atoms with Crippen molar-refractivity contribution in [1.29, 1.82) is 0 Å². The Kier molecular flexibility index (Phi) is 3.38. The van der Waals surface area contributed by atoms with Gasteiger partial charge in [0.2, 0.25) is 5.91 Å². The largest absolute Gasteiger partial charge is 0.326 e. The number of allylic oxidation sites excluding steroid dienone is 2. The van der Waals surface area contributed by atoms with Crippen LogP contribution in [0.2, 0.25) is 10.0 Å². The summed E-state index contributed by atoms with van der Waals surface area (Å²) in [6.07, 6.45) is 5.37. The van der Waals surface area contributed by atoms with E-state index in [9.17, 15) is 4.79 Å². The van der Waals surface area contributed by atoms with Gasteiger partial charge in [-0.1, -0.05) is 56.1 Å². The maximum atomic E-state index is 12.8. The summed E-state index contributed by atoms with van der Waals surface area (Å²) < 4.78 is 0. The summed E-state index contributed by atoms with van der Waals surface area (Å²) >= 11 is 11.9. The van der Waals surface area contributed by atoms with E-state index < -0.39 is 0 Å². The second-order valence-electron chi connectivity index (χ2n) is 7.00. The van der Waals surface area contributed by atoms with Crippen LogP contribution in [-0.2, 0) is 4.79 Å². The highest BCUT2D eigenvalue weighted by Gasteiger charge is 2.59. The van der Waals surface area contributed by atoms with Crippen molar-refractivity contribution in [3.05, 3.63) is 40.4 Å². The SMILES string of the molecule is CC1(C)[C@H]2C=C[C@@H]1[C@@](C)(C(=O)Nc1ccc(Cl)c(Cl)c1)C2. The zero-order valence-electron chi connectivity index (χ0n) is 12.4. The number of hydrogen-bond donors (Lipinski definition) is 1. The minimum atomic E-state index is -0.366. The molecule has 1 N–H and O–H groups in total. The predicted molar refractivity (Wildman–Crippen MR) is 87.7 cm³/mol. The van der Waals surface area contributed by atoms with Gasteiger partial charge >= 0.3 is 0 Å². The highest BCUT2D eigenvalue weighted by atomic mass is 35.5. The van der Waals surface area contributed by atoms with Crippen LogP contribution in [0.25, 0.3) is 0 Å². The number of fused-ring (bicyclic) bond motifs is 2. The van der Waals surface area contributed by atoms with Crippen molar-refractivity contribution in [3.63, 3.8) is 0 Å². The van der Waals surface area contributed by atoms with E-state index in [0.717, 1.165) is 6.42 Å². The van der Waals surface area contributed by atoms with E-state index in [1.165, 1.54) is 0 Å². The highest BCUT2D eigenvalue weighted by Crippen LogP contribution is 2.62. The average Bonchev–Trinajstić information content (AvgIpc) is 2.80. The molecule has 0 aromatic heterocycles. The molecule has 0 spiro atoms. The first kappa shape index (κ1) is 14.9. The van der Waals surface area contributed by atoms with Crippen molar-refractivity contribution < 1.29 is 4.79 Å². The maximum absolute atomic E-state index is 12.8. The van der Waals surface area contributed by atoms with Crippen LogP contribution in [-0.4, -0.2) is 5.91 Å². The lowest BCUT2D eigenvalue weighted by Gasteiger charge is -2.33. The molecule has 3 rings (SSSR count). The number of amides is 1. The zero-order chi connectivity index (χ0) is 15.4. The van der Waals surface area contributed by atoms with E-state index >= 15 is 0 Å². The average molecular weight is 324 g/mol. The Labute approximate surface area is 135 Å². The van der Waals surface area contributed by atoms with E-state index in [1.54, 1.807) is 18.2 Å². The Morgan fingerprint density at radius 2 is 1.90 bits per heavy atom. The third-order valence-electron chi connectivity index (χ3n) is 5.32. The molecule has 1 amide bonds. The standard InChI is InChI=1S/C17H19Cl2NO/c1-16(2)10-4-7-14(16)17(3,9-10)15(21)20-11-5-6-12(18)13(19)8-11/h4-8,10,14H,9H2,1-3H3,(H,20,21)/t10-,14-,17-/m0/s1. The van der Waals surface area contributed by atoms with Crippen molar-refractivity contribution in [2.24, 2.45) is 22.7 Å². The minimum absolute atomic E-state index is 0.0609. The molecule has 0 unspecified atom stereocenters. The topological polar surface area (TPSA) is 29.1 Å². The zero-order valence-corrected chi connectivity index (χ0v) is 13.9. The summed E-state index contributed by atoms with van der Waals surface area (Å²) in [7, 11) is 0. The van der Waals surface area contributed by atoms with Gasteiger partial charge in [0.05, 0.1) is 15.5 Å². The molecule has 0 radical (unpaired) electrons. The Morgan fingerprint density at radius 3 is 2.43 bits per heavy atom. The fourth-order valence-corrected chi connectivity index (χ4v) is 4.30. The van der Waals surface area contributed by atoms with E-state index in [0.29, 0.717) is 21.7 Å². The fraction of sp³-hybridized carbons (Fsp3) is 0.471. The molecule has 2 bridgehead atoms. The molecule has 1 fully saturated rings. The van der Waals surface area contributed by atoms with Gasteiger partial charge in [-0.15, -0.1) is 0 Å². The van der Waals surface area contributed by atoms with Crippen LogP contribution in [0.5, 0.6) is 0 Å². The number of carbonyl (C=O) groups excluding carboxylic acids is 1. The first-order valence-electron chi connectivity index (χ1n) is 7.20. The molecule has 2 aliphatic carbocycles. The third-order valence-corrected chi connectivity index (χ3v) is 6.06. The lowest BCUT2D eigenvalue weighted by Crippen LogP contribution is -2.39. The van der Waals surface area contributed by atoms with Gasteiger partial charge in [-0.3, -0.25) is 4.79 Å². The van der Waals surface area contributed by atoms with Crippen LogP contribution in [0.15, 0.2) is 30.4 Å². The number of carbonyl (C=O) groups is 1. The van der Waals surface area contributed by atoms with Crippen molar-refractivity contribution in [3.8, 4) is 0 Å². The second kappa shape index (κ2) is 4.76. The highest BCUT2D eigenvalue weighted by molar-refractivity contribution is 6.42. The lowest BCUT2D eigenvalue weighted by molar-refractivity contribution is -0.126. The summed E-state index contributed by atoms with van der Waals surface area (Å²) in [5.74, 6) is 0.815. The van der Waals surface area contributed by atoms with Crippen molar-refractivity contribution >= 4 is 34.8 Å². The van der Waals surface area contributed by atoms with Crippen molar-refractivity contribution in [2.45, 2.75) is 27.2 Å². The Balaban J connectivity index is 1.83. The normalized spacial score (nSPS) is 32.4. The Hall–Kier alpha value is -0.990. The molecule has 1 aromatic rings. The van der Waals surface area contributed by atoms with Crippen LogP contribution < -0.4 is 5.32 Å². The molecule has 4 heteroatoms. The van der Waals surface area contributed by atoms with E-state index in [2.05, 4.69) is 38.2 Å². The van der Waals surface area contributed by atoms with Crippen LogP contribution in [0.3, 0.4) is 0 Å². The lowest BCUT2D eigenvalue weighted by atomic mass is 9.72. The summed E-state index contributed by atoms with van der Waals surface area (Å²) in [5, 5.41) is 3.94. The number of anilines is 1. The van der Waals surface area contributed by atoms with Gasteiger partial charge in [0.25, 0.3) is 0 Å². The first-order valence-corrected chi connectivity index (χ1v) is 7.95. The molecule has 0 aliphatic heterocycles. The summed E-state index contributed by atoms with van der Waals surface area (Å²) in [6.45, 7) is 6.57. The van der Waals surface area contributed by atoms with Crippen molar-refractivity contribution in [2.75, 3.05) is 5.32 Å². The van der Waals surface area contributed by atoms with Gasteiger partial charge < -0.3 is 5.32 Å². The maximum Gasteiger partial charge on any atom is 0.230 e. The van der Waals surface area contributed by atoms with Crippen molar-refractivity contribution in [1.82, 2.24) is 0 Å². The fourth-order valence-electron chi connectivity index (χ4n) is 4.00.